The molecule has 0 spiro atoms. The highest BCUT2D eigenvalue weighted by molar-refractivity contribution is 9.10. The van der Waals surface area contributed by atoms with E-state index in [0.717, 1.165) is 10.0 Å². The third-order valence-corrected chi connectivity index (χ3v) is 2.52. The number of esters is 1. The van der Waals surface area contributed by atoms with Crippen molar-refractivity contribution >= 4 is 34.3 Å². The molecule has 1 unspecified atom stereocenters. The van der Waals surface area contributed by atoms with E-state index in [0.29, 0.717) is 6.61 Å². The number of halogens is 2. The Kier molecular flexibility index (Phi) is 7.38. The fourth-order valence-electron chi connectivity index (χ4n) is 1.23. The van der Waals surface area contributed by atoms with E-state index in [2.05, 4.69) is 15.9 Å². The van der Waals surface area contributed by atoms with E-state index in [4.69, 9.17) is 10.5 Å². The Hall–Kier alpha value is -0.580. The molecule has 0 aromatic heterocycles. The Balaban J connectivity index is 0.00000225. The maximum absolute atomic E-state index is 11.2. The number of nitrogens with two attached hydrogens (primary N) is 1. The van der Waals surface area contributed by atoms with Gasteiger partial charge >= 0.3 is 5.97 Å². The molecule has 1 aromatic rings. The van der Waals surface area contributed by atoms with Gasteiger partial charge in [-0.3, -0.25) is 4.79 Å². The Bertz CT molecular complexity index is 329. The van der Waals surface area contributed by atoms with Crippen molar-refractivity contribution < 1.29 is 9.53 Å². The van der Waals surface area contributed by atoms with Gasteiger partial charge in [-0.2, -0.15) is 0 Å². The lowest BCUT2D eigenvalue weighted by Gasteiger charge is -2.10. The van der Waals surface area contributed by atoms with Crippen molar-refractivity contribution in [2.24, 2.45) is 5.73 Å². The third kappa shape index (κ3) is 4.96. The molecule has 2 N–H and O–H groups in total. The summed E-state index contributed by atoms with van der Waals surface area (Å²) in [7, 11) is 0. The standard InChI is InChI=1S/C11H14BrNO2.ClH/c1-2-15-11(14)7-10(13)8-3-5-9(12)6-4-8;/h3-6,10H,2,7,13H2,1H3;1H. The van der Waals surface area contributed by atoms with Crippen molar-refractivity contribution in [1.82, 2.24) is 0 Å². The van der Waals surface area contributed by atoms with Crippen molar-refractivity contribution in [3.63, 3.8) is 0 Å². The fraction of sp³-hybridized carbons (Fsp3) is 0.364. The Labute approximate surface area is 110 Å². The average molecular weight is 309 g/mol. The van der Waals surface area contributed by atoms with Crippen LogP contribution in [0.1, 0.15) is 24.9 Å². The van der Waals surface area contributed by atoms with Crippen LogP contribution in [-0.4, -0.2) is 12.6 Å². The van der Waals surface area contributed by atoms with E-state index in [1.54, 1.807) is 6.92 Å². The number of ether oxygens (including phenoxy) is 1. The maximum atomic E-state index is 11.2. The van der Waals surface area contributed by atoms with Gasteiger partial charge < -0.3 is 10.5 Å². The van der Waals surface area contributed by atoms with E-state index in [-0.39, 0.29) is 30.8 Å². The highest BCUT2D eigenvalue weighted by atomic mass is 79.9. The zero-order valence-electron chi connectivity index (χ0n) is 8.98. The lowest BCUT2D eigenvalue weighted by molar-refractivity contribution is -0.143. The molecular weight excluding hydrogens is 293 g/mol. The van der Waals surface area contributed by atoms with Crippen LogP contribution in [0.5, 0.6) is 0 Å². The quantitative estimate of drug-likeness (QED) is 0.870. The highest BCUT2D eigenvalue weighted by Gasteiger charge is 2.11. The lowest BCUT2D eigenvalue weighted by Crippen LogP contribution is -2.17. The van der Waals surface area contributed by atoms with Crippen molar-refractivity contribution in [2.75, 3.05) is 6.61 Å². The topological polar surface area (TPSA) is 52.3 Å². The zero-order valence-corrected chi connectivity index (χ0v) is 11.4. The molecule has 0 aliphatic carbocycles. The molecular formula is C11H15BrClNO2. The molecule has 1 rings (SSSR count). The van der Waals surface area contributed by atoms with Crippen molar-refractivity contribution in [2.45, 2.75) is 19.4 Å². The summed E-state index contributed by atoms with van der Waals surface area (Å²) in [6.07, 6.45) is 0.218. The van der Waals surface area contributed by atoms with Crippen LogP contribution < -0.4 is 5.73 Å². The number of rotatable bonds is 4. The molecule has 90 valence electrons. The second-order valence-electron chi connectivity index (χ2n) is 3.17. The van der Waals surface area contributed by atoms with Crippen LogP contribution in [0.4, 0.5) is 0 Å². The highest BCUT2D eigenvalue weighted by Crippen LogP contribution is 2.17. The van der Waals surface area contributed by atoms with Gasteiger partial charge in [0, 0.05) is 10.5 Å². The Morgan fingerprint density at radius 2 is 2.00 bits per heavy atom. The molecule has 16 heavy (non-hydrogen) atoms. The maximum Gasteiger partial charge on any atom is 0.307 e. The van der Waals surface area contributed by atoms with Crippen molar-refractivity contribution in [3.05, 3.63) is 34.3 Å². The third-order valence-electron chi connectivity index (χ3n) is 1.99. The molecule has 0 fully saturated rings. The fourth-order valence-corrected chi connectivity index (χ4v) is 1.49. The molecule has 1 aromatic carbocycles. The Morgan fingerprint density at radius 3 is 2.50 bits per heavy atom. The first-order valence-corrected chi connectivity index (χ1v) is 5.59. The minimum atomic E-state index is -0.294. The second-order valence-corrected chi connectivity index (χ2v) is 4.08. The molecule has 0 bridgehead atoms. The van der Waals surface area contributed by atoms with Gasteiger partial charge in [0.05, 0.1) is 13.0 Å². The molecule has 0 aliphatic heterocycles. The first-order valence-electron chi connectivity index (χ1n) is 4.80. The predicted octanol–water partition coefficient (Wildman–Crippen LogP) is 2.82. The summed E-state index contributed by atoms with van der Waals surface area (Å²) >= 11 is 3.34. The van der Waals surface area contributed by atoms with Crippen molar-refractivity contribution in [1.29, 1.82) is 0 Å². The summed E-state index contributed by atoms with van der Waals surface area (Å²) in [5.74, 6) is -0.257. The van der Waals surface area contributed by atoms with E-state index in [9.17, 15) is 4.79 Å². The molecule has 1 atom stereocenters. The van der Waals surface area contributed by atoms with Gasteiger partial charge in [-0.15, -0.1) is 12.4 Å². The summed E-state index contributed by atoms with van der Waals surface area (Å²) < 4.78 is 5.82. The van der Waals surface area contributed by atoms with Crippen LogP contribution in [0.2, 0.25) is 0 Å². The van der Waals surface area contributed by atoms with Crippen molar-refractivity contribution in [3.8, 4) is 0 Å². The first kappa shape index (κ1) is 15.4. The Morgan fingerprint density at radius 1 is 1.44 bits per heavy atom. The molecule has 0 heterocycles. The van der Waals surface area contributed by atoms with Crippen LogP contribution in [0, 0.1) is 0 Å². The zero-order chi connectivity index (χ0) is 11.3. The molecule has 3 nitrogen and oxygen atoms in total. The lowest BCUT2D eigenvalue weighted by atomic mass is 10.1. The normalized spacial score (nSPS) is 11.4. The van der Waals surface area contributed by atoms with E-state index < -0.39 is 0 Å². The summed E-state index contributed by atoms with van der Waals surface area (Å²) in [6.45, 7) is 2.18. The van der Waals surface area contributed by atoms with Gasteiger partial charge in [-0.05, 0) is 24.6 Å². The molecule has 0 saturated heterocycles. The van der Waals surface area contributed by atoms with E-state index in [1.807, 2.05) is 24.3 Å². The first-order chi connectivity index (χ1) is 7.13. The van der Waals surface area contributed by atoms with Gasteiger partial charge in [0.15, 0.2) is 0 Å². The van der Waals surface area contributed by atoms with Gasteiger partial charge in [-0.25, -0.2) is 0 Å². The number of carbonyl (C=O) groups is 1. The molecule has 0 radical (unpaired) electrons. The van der Waals surface area contributed by atoms with Crippen LogP contribution in [0.15, 0.2) is 28.7 Å². The molecule has 5 heteroatoms. The van der Waals surface area contributed by atoms with Crippen LogP contribution in [-0.2, 0) is 9.53 Å². The van der Waals surface area contributed by atoms with Gasteiger partial charge in [0.2, 0.25) is 0 Å². The number of carbonyl (C=O) groups excluding carboxylic acids is 1. The summed E-state index contributed by atoms with van der Waals surface area (Å²) in [6, 6.07) is 7.31. The molecule has 0 aliphatic rings. The summed E-state index contributed by atoms with van der Waals surface area (Å²) in [4.78, 5) is 11.2. The largest absolute Gasteiger partial charge is 0.466 e. The number of hydrogen-bond donors (Lipinski definition) is 1. The average Bonchev–Trinajstić information content (AvgIpc) is 2.18. The van der Waals surface area contributed by atoms with E-state index >= 15 is 0 Å². The van der Waals surface area contributed by atoms with E-state index in [1.165, 1.54) is 0 Å². The summed E-state index contributed by atoms with van der Waals surface area (Å²) in [5, 5.41) is 0. The van der Waals surface area contributed by atoms with Crippen LogP contribution in [0.3, 0.4) is 0 Å². The monoisotopic (exact) mass is 307 g/mol. The predicted molar refractivity (Wildman–Crippen MR) is 69.6 cm³/mol. The number of hydrogen-bond acceptors (Lipinski definition) is 3. The SMILES string of the molecule is CCOC(=O)CC(N)c1ccc(Br)cc1.Cl. The van der Waals surface area contributed by atoms with Crippen LogP contribution in [0.25, 0.3) is 0 Å². The minimum absolute atomic E-state index is 0. The van der Waals surface area contributed by atoms with Crippen LogP contribution >= 0.6 is 28.3 Å². The van der Waals surface area contributed by atoms with Gasteiger partial charge in [0.25, 0.3) is 0 Å². The van der Waals surface area contributed by atoms with Gasteiger partial charge in [0.1, 0.15) is 0 Å². The molecule has 0 saturated carbocycles. The van der Waals surface area contributed by atoms with Gasteiger partial charge in [-0.1, -0.05) is 28.1 Å². The minimum Gasteiger partial charge on any atom is -0.466 e. The molecule has 0 amide bonds. The second kappa shape index (κ2) is 7.65. The summed E-state index contributed by atoms with van der Waals surface area (Å²) in [5.41, 5.74) is 6.80. The number of benzene rings is 1. The smallest absolute Gasteiger partial charge is 0.307 e.